The molecule has 0 fully saturated rings. The number of ether oxygens (including phenoxy) is 2. The Kier molecular flexibility index (Phi) is 11.2. The Morgan fingerprint density at radius 2 is 1.93 bits per heavy atom. The van der Waals surface area contributed by atoms with E-state index in [-0.39, 0.29) is 58.2 Å². The Hall–Kier alpha value is -5.92. The number of aliphatic hydroxyl groups is 1. The Bertz CT molecular complexity index is 2250. The number of aryl methyl sites for hydroxylation is 1. The number of nitrogens with one attached hydrogen (secondary N) is 1. The molecule has 5 aromatic rings. The highest BCUT2D eigenvalue weighted by Gasteiger charge is 2.47. The van der Waals surface area contributed by atoms with Gasteiger partial charge in [0.15, 0.2) is 5.43 Å². The number of aromatic hydroxyl groups is 2. The third-order valence-electron chi connectivity index (χ3n) is 9.94. The Labute approximate surface area is 312 Å². The van der Waals surface area contributed by atoms with Gasteiger partial charge in [-0.15, -0.1) is 0 Å². The standard InChI is InChI=1S/C41H45N5O8/c1-4-25(21-44-5-2)40(51)53-32-19-30-37(50)36-31(49)18-28(22-47)52-39(36)35(38(30)54-41(32,3)13-11-23-9-10-33(42)46-20-23)29(26-12-14-45-34(43)17-26)16-24-7-6-8-27(48)15-24/h4,6-10,12,14-15,17-18,20,29,32,44,47-48,50H,5,11,13,16,19,21-22H2,1-3H3,(H2,42,46)(H2,43,45)/b25-4-/t29-,32-,41+/m1/s1. The minimum absolute atomic E-state index is 0.0109. The zero-order chi connectivity index (χ0) is 38.6. The van der Waals surface area contributed by atoms with Crippen LogP contribution in [0, 0.1) is 0 Å². The molecule has 54 heavy (non-hydrogen) atoms. The second kappa shape index (κ2) is 16.0. The van der Waals surface area contributed by atoms with Crippen molar-refractivity contribution < 1.29 is 34.0 Å². The molecule has 0 unspecified atom stereocenters. The molecule has 0 amide bonds. The predicted molar refractivity (Wildman–Crippen MR) is 204 cm³/mol. The average molecular weight is 736 g/mol. The second-order valence-corrected chi connectivity index (χ2v) is 13.6. The maximum Gasteiger partial charge on any atom is 0.335 e. The van der Waals surface area contributed by atoms with Crippen LogP contribution in [-0.2, 0) is 35.4 Å². The highest BCUT2D eigenvalue weighted by atomic mass is 16.6. The van der Waals surface area contributed by atoms with E-state index >= 15 is 0 Å². The number of hydrogen-bond acceptors (Lipinski definition) is 13. The summed E-state index contributed by atoms with van der Waals surface area (Å²) in [6.45, 7) is 5.91. The number of hydrogen-bond donors (Lipinski definition) is 6. The van der Waals surface area contributed by atoms with Crippen molar-refractivity contribution in [2.45, 2.75) is 70.7 Å². The summed E-state index contributed by atoms with van der Waals surface area (Å²) < 4.78 is 19.6. The van der Waals surface area contributed by atoms with E-state index in [9.17, 15) is 24.9 Å². The van der Waals surface area contributed by atoms with Crippen molar-refractivity contribution >= 4 is 28.6 Å². The van der Waals surface area contributed by atoms with Crippen LogP contribution in [-0.4, -0.2) is 56.1 Å². The van der Waals surface area contributed by atoms with E-state index in [4.69, 9.17) is 25.4 Å². The molecule has 4 heterocycles. The molecule has 282 valence electrons. The van der Waals surface area contributed by atoms with Crippen LogP contribution in [0.3, 0.4) is 0 Å². The molecule has 1 aliphatic heterocycles. The van der Waals surface area contributed by atoms with Gasteiger partial charge in [0, 0.05) is 54.0 Å². The van der Waals surface area contributed by atoms with Gasteiger partial charge in [-0.3, -0.25) is 4.79 Å². The minimum Gasteiger partial charge on any atom is -0.508 e. The van der Waals surface area contributed by atoms with Gasteiger partial charge in [0.25, 0.3) is 0 Å². The zero-order valence-electron chi connectivity index (χ0n) is 30.5. The number of phenolic OH excluding ortho intramolecular Hbond substituents is 2. The normalized spacial score (nSPS) is 17.5. The molecule has 0 saturated carbocycles. The number of carbonyl (C=O) groups is 1. The van der Waals surface area contributed by atoms with Crippen LogP contribution in [0.15, 0.2) is 87.9 Å². The molecule has 3 atom stereocenters. The molecule has 3 aromatic heterocycles. The Morgan fingerprint density at radius 1 is 1.11 bits per heavy atom. The quantitative estimate of drug-likeness (QED) is 0.0707. The molecule has 0 saturated heterocycles. The van der Waals surface area contributed by atoms with Crippen LogP contribution in [0.5, 0.6) is 17.2 Å². The number of nitrogens with zero attached hydrogens (tertiary/aromatic N) is 2. The van der Waals surface area contributed by atoms with Crippen molar-refractivity contribution in [1.82, 2.24) is 15.3 Å². The lowest BCUT2D eigenvalue weighted by atomic mass is 9.79. The maximum absolute atomic E-state index is 13.8. The highest BCUT2D eigenvalue weighted by molar-refractivity contribution is 5.92. The number of phenols is 2. The molecule has 8 N–H and O–H groups in total. The van der Waals surface area contributed by atoms with E-state index in [1.165, 1.54) is 0 Å². The first kappa shape index (κ1) is 37.8. The van der Waals surface area contributed by atoms with Gasteiger partial charge in [0.05, 0.1) is 0 Å². The molecule has 13 heteroatoms. The van der Waals surface area contributed by atoms with Crippen molar-refractivity contribution in [2.24, 2.45) is 0 Å². The summed E-state index contributed by atoms with van der Waals surface area (Å²) in [6, 6.07) is 15.0. The van der Waals surface area contributed by atoms with Gasteiger partial charge in [-0.1, -0.05) is 31.2 Å². The van der Waals surface area contributed by atoms with Gasteiger partial charge in [-0.2, -0.15) is 0 Å². The lowest BCUT2D eigenvalue weighted by Gasteiger charge is -2.43. The topological polar surface area (TPSA) is 216 Å². The Balaban J connectivity index is 1.59. The number of likely N-dealkylation sites (N-methyl/N-ethyl adjacent to an activating group) is 1. The number of benzene rings is 2. The molecule has 0 spiro atoms. The fourth-order valence-corrected chi connectivity index (χ4v) is 6.98. The number of allylic oxidation sites excluding steroid dienone is 1. The maximum atomic E-state index is 13.8. The van der Waals surface area contributed by atoms with Crippen molar-refractivity contribution in [1.29, 1.82) is 0 Å². The number of rotatable bonds is 13. The van der Waals surface area contributed by atoms with E-state index < -0.39 is 35.6 Å². The van der Waals surface area contributed by atoms with Crippen LogP contribution < -0.4 is 26.9 Å². The summed E-state index contributed by atoms with van der Waals surface area (Å²) in [6.07, 6.45) is 5.08. The lowest BCUT2D eigenvalue weighted by molar-refractivity contribution is -0.159. The molecule has 6 rings (SSSR count). The number of nitrogen functional groups attached to an aromatic ring is 2. The number of fused-ring (bicyclic) bond motifs is 2. The number of aromatic nitrogens is 2. The van der Waals surface area contributed by atoms with Gasteiger partial charge in [-0.25, -0.2) is 14.8 Å². The molecule has 0 aliphatic carbocycles. The summed E-state index contributed by atoms with van der Waals surface area (Å²) in [5, 5.41) is 35.6. The van der Waals surface area contributed by atoms with Gasteiger partial charge in [0.1, 0.15) is 63.9 Å². The van der Waals surface area contributed by atoms with E-state index in [0.29, 0.717) is 48.4 Å². The van der Waals surface area contributed by atoms with Gasteiger partial charge >= 0.3 is 5.97 Å². The fraction of sp³-hybridized carbons (Fsp3) is 0.317. The monoisotopic (exact) mass is 735 g/mol. The first-order chi connectivity index (χ1) is 25.9. The molecule has 13 nitrogen and oxygen atoms in total. The van der Waals surface area contributed by atoms with Crippen LogP contribution in [0.2, 0.25) is 0 Å². The van der Waals surface area contributed by atoms with Gasteiger partial charge < -0.3 is 46.0 Å². The van der Waals surface area contributed by atoms with Crippen molar-refractivity contribution in [3.8, 4) is 17.2 Å². The third-order valence-corrected chi connectivity index (χ3v) is 9.94. The summed E-state index contributed by atoms with van der Waals surface area (Å²) in [5.74, 6) is -0.658. The van der Waals surface area contributed by atoms with Crippen molar-refractivity contribution in [3.63, 3.8) is 0 Å². The van der Waals surface area contributed by atoms with Crippen LogP contribution in [0.25, 0.3) is 11.0 Å². The molecule has 1 aliphatic rings. The largest absolute Gasteiger partial charge is 0.508 e. The number of pyridine rings is 2. The predicted octanol–water partition coefficient (Wildman–Crippen LogP) is 4.82. The summed E-state index contributed by atoms with van der Waals surface area (Å²) in [4.78, 5) is 35.9. The first-order valence-corrected chi connectivity index (χ1v) is 17.9. The number of anilines is 2. The van der Waals surface area contributed by atoms with Crippen LogP contribution in [0.1, 0.15) is 66.7 Å². The first-order valence-electron chi connectivity index (χ1n) is 17.9. The molecular formula is C41H45N5O8. The summed E-state index contributed by atoms with van der Waals surface area (Å²) in [7, 11) is 0. The number of esters is 1. The van der Waals surface area contributed by atoms with Crippen molar-refractivity contribution in [2.75, 3.05) is 24.6 Å². The van der Waals surface area contributed by atoms with E-state index in [2.05, 4.69) is 15.3 Å². The third kappa shape index (κ3) is 7.87. The molecule has 2 aromatic carbocycles. The highest BCUT2D eigenvalue weighted by Crippen LogP contribution is 2.51. The van der Waals surface area contributed by atoms with Crippen LogP contribution >= 0.6 is 0 Å². The second-order valence-electron chi connectivity index (χ2n) is 13.6. The average Bonchev–Trinajstić information content (AvgIpc) is 3.15. The number of aliphatic hydroxyl groups excluding tert-OH is 1. The number of carbonyl (C=O) groups excluding carboxylic acids is 1. The SMILES string of the molecule is C/C=C(/CNCC)C(=O)O[C@@H]1Cc2c(c([C@H](Cc3cccc(O)c3)c3ccnc(N)c3)c3oc(CO)cc(=O)c3c2O)O[C@@]1(C)CCc1ccc(N)nc1. The van der Waals surface area contributed by atoms with Gasteiger partial charge in [-0.05, 0) is 86.7 Å². The van der Waals surface area contributed by atoms with Crippen LogP contribution in [0.4, 0.5) is 11.6 Å². The Morgan fingerprint density at radius 3 is 2.61 bits per heavy atom. The van der Waals surface area contributed by atoms with E-state index in [1.807, 2.05) is 26.0 Å². The summed E-state index contributed by atoms with van der Waals surface area (Å²) >= 11 is 0. The van der Waals surface area contributed by atoms with Gasteiger partial charge in [0.2, 0.25) is 0 Å². The molecule has 0 radical (unpaired) electrons. The number of nitrogens with two attached hydrogens (primary N) is 2. The zero-order valence-corrected chi connectivity index (χ0v) is 30.5. The summed E-state index contributed by atoms with van der Waals surface area (Å²) in [5.41, 5.74) is 13.7. The molecule has 0 bridgehead atoms. The van der Waals surface area contributed by atoms with E-state index in [1.54, 1.807) is 61.8 Å². The molecular weight excluding hydrogens is 690 g/mol. The van der Waals surface area contributed by atoms with E-state index in [0.717, 1.165) is 17.2 Å². The van der Waals surface area contributed by atoms with Crippen molar-refractivity contribution in [3.05, 3.63) is 122 Å². The minimum atomic E-state index is -1.20. The smallest absolute Gasteiger partial charge is 0.335 e. The lowest BCUT2D eigenvalue weighted by Crippen LogP contribution is -2.52. The fourth-order valence-electron chi connectivity index (χ4n) is 6.98.